The van der Waals surface area contributed by atoms with Crippen LogP contribution in [-0.2, 0) is 34.4 Å². The summed E-state index contributed by atoms with van der Waals surface area (Å²) in [5, 5.41) is 10.5. The number of anilines is 2. The molecule has 0 bridgehead atoms. The lowest BCUT2D eigenvalue weighted by molar-refractivity contribution is -0.204. The molecule has 4 aromatic rings. The summed E-state index contributed by atoms with van der Waals surface area (Å²) >= 11 is 0. The Morgan fingerprint density at radius 1 is 0.735 bits per heavy atom. The minimum absolute atomic E-state index is 0.0688. The number of nitrogens with two attached hydrogens (primary N) is 2. The maximum absolute atomic E-state index is 13.5. The number of esters is 3. The summed E-state index contributed by atoms with van der Waals surface area (Å²) < 4.78 is 10.8. The number of benzene rings is 4. The molecule has 2 aliphatic heterocycles. The van der Waals surface area contributed by atoms with E-state index in [2.05, 4.69) is 0 Å². The molecular weight excluding hydrogens is 624 g/mol. The molecule has 0 aliphatic carbocycles. The number of fused-ring (bicyclic) bond motifs is 2. The van der Waals surface area contributed by atoms with Crippen molar-refractivity contribution < 1.29 is 33.8 Å². The number of hydrogen-bond acceptors (Lipinski definition) is 10. The number of carbonyl (C=O) groups is 4. The molecule has 0 amide bonds. The average molecular weight is 661 g/mol. The molecule has 11 heteroatoms. The molecule has 2 aliphatic rings. The number of ether oxygens (including phenoxy) is 2. The van der Waals surface area contributed by atoms with E-state index in [0.29, 0.717) is 23.4 Å². The summed E-state index contributed by atoms with van der Waals surface area (Å²) in [5.74, 6) is -4.96. The van der Waals surface area contributed by atoms with Gasteiger partial charge in [0.1, 0.15) is 6.04 Å². The fourth-order valence-corrected chi connectivity index (χ4v) is 7.08. The molecule has 2 heterocycles. The monoisotopic (exact) mass is 660 g/mol. The maximum atomic E-state index is 13.5. The number of rotatable bonds is 7. The number of carbonyl (C=O) groups excluding carboxylic acids is 3. The lowest BCUT2D eigenvalue weighted by Gasteiger charge is -2.45. The lowest BCUT2D eigenvalue weighted by Crippen LogP contribution is -2.57. The molecule has 6 rings (SSSR count). The molecule has 4 unspecified atom stereocenters. The van der Waals surface area contributed by atoms with Gasteiger partial charge in [-0.15, -0.1) is 0 Å². The minimum atomic E-state index is -2.30. The molecule has 0 saturated carbocycles. The number of nitrogen functional groups attached to an aromatic ring is 2. The van der Waals surface area contributed by atoms with E-state index in [1.54, 1.807) is 36.2 Å². The predicted octanol–water partition coefficient (Wildman–Crippen LogP) is 4.15. The minimum Gasteiger partial charge on any atom is -0.477 e. The van der Waals surface area contributed by atoms with E-state index in [-0.39, 0.29) is 29.6 Å². The van der Waals surface area contributed by atoms with Crippen molar-refractivity contribution >= 4 is 35.3 Å². The van der Waals surface area contributed by atoms with Gasteiger partial charge in [-0.2, -0.15) is 0 Å². The highest BCUT2D eigenvalue weighted by atomic mass is 16.6. The first-order valence-electron chi connectivity index (χ1n) is 15.7. The number of aliphatic carboxylic acids is 1. The molecule has 0 saturated heterocycles. The first-order valence-corrected chi connectivity index (χ1v) is 15.7. The van der Waals surface area contributed by atoms with Crippen LogP contribution >= 0.6 is 0 Å². The molecule has 49 heavy (non-hydrogen) atoms. The van der Waals surface area contributed by atoms with Gasteiger partial charge >= 0.3 is 23.9 Å². The van der Waals surface area contributed by atoms with Crippen LogP contribution in [0.5, 0.6) is 0 Å². The Bertz CT molecular complexity index is 1950. The van der Waals surface area contributed by atoms with Gasteiger partial charge < -0.3 is 26.0 Å². The Morgan fingerprint density at radius 2 is 1.29 bits per heavy atom. The van der Waals surface area contributed by atoms with Gasteiger partial charge in [-0.3, -0.25) is 9.80 Å². The zero-order chi connectivity index (χ0) is 34.9. The van der Waals surface area contributed by atoms with Crippen LogP contribution in [0.25, 0.3) is 0 Å². The van der Waals surface area contributed by atoms with Gasteiger partial charge in [0.25, 0.3) is 5.72 Å². The Balaban J connectivity index is 1.22. The van der Waals surface area contributed by atoms with Crippen molar-refractivity contribution in [1.29, 1.82) is 0 Å². The second-order valence-electron chi connectivity index (χ2n) is 12.3. The molecule has 0 radical (unpaired) electrons. The topological polar surface area (TPSA) is 165 Å². The molecular formula is C38H36N4O7. The van der Waals surface area contributed by atoms with E-state index < -0.39 is 35.6 Å². The van der Waals surface area contributed by atoms with Gasteiger partial charge in [0.05, 0.1) is 0 Å². The van der Waals surface area contributed by atoms with Crippen molar-refractivity contribution in [3.63, 3.8) is 0 Å². The molecule has 5 N–H and O–H groups in total. The fourth-order valence-electron chi connectivity index (χ4n) is 7.08. The highest BCUT2D eigenvalue weighted by Crippen LogP contribution is 2.46. The largest absolute Gasteiger partial charge is 0.477 e. The summed E-state index contributed by atoms with van der Waals surface area (Å²) in [6.07, 6.45) is 1.46. The number of hydrogen-bond donors (Lipinski definition) is 3. The Labute approximate surface area is 283 Å². The zero-order valence-electron chi connectivity index (χ0n) is 27.0. The standard InChI is InChI=1S/C38H36N4O7/c1-41-21-27(23-11-5-3-6-12-23)25-15-9-17-29(39)33(25)35(41)36(45)48-31(43)19-20-32(44)49-38(37(46)47)34-26(16-10-18-30(34)40)28(22-42(38)2)24-13-7-4-8-14-24/h3-20,27-28,35H,21-22,39-40H2,1-2H3,(H,46,47)/b20-19-. The Kier molecular flexibility index (Phi) is 9.05. The molecule has 0 aromatic heterocycles. The van der Waals surface area contributed by atoms with Crippen molar-refractivity contribution in [2.24, 2.45) is 0 Å². The Hall–Kier alpha value is -5.78. The predicted molar refractivity (Wildman–Crippen MR) is 182 cm³/mol. The smallest absolute Gasteiger partial charge is 0.369 e. The first-order chi connectivity index (χ1) is 23.5. The summed E-state index contributed by atoms with van der Waals surface area (Å²) in [5.41, 5.74) is 15.0. The third-order valence-electron chi connectivity index (χ3n) is 9.29. The molecule has 0 fully saturated rings. The molecule has 4 atom stereocenters. The van der Waals surface area contributed by atoms with E-state index in [9.17, 15) is 24.3 Å². The molecule has 0 spiro atoms. The second kappa shape index (κ2) is 13.4. The van der Waals surface area contributed by atoms with Crippen LogP contribution in [0.2, 0.25) is 0 Å². The highest BCUT2D eigenvalue weighted by Gasteiger charge is 2.55. The van der Waals surface area contributed by atoms with Crippen molar-refractivity contribution in [3.8, 4) is 0 Å². The lowest BCUT2D eigenvalue weighted by atomic mass is 9.79. The number of nitrogens with zero attached hydrogens (tertiary/aromatic N) is 2. The SMILES string of the molecule is CN1CC(c2ccccc2)c2cccc(N)c2C1C(=O)OC(=O)/C=C\C(=O)OC1(C(=O)O)c2c(N)cccc2C(c2ccccc2)CN1C. The van der Waals surface area contributed by atoms with Crippen LogP contribution < -0.4 is 11.5 Å². The van der Waals surface area contributed by atoms with Crippen molar-refractivity contribution in [3.05, 3.63) is 143 Å². The normalized spacial score (nSPS) is 22.1. The van der Waals surface area contributed by atoms with Gasteiger partial charge in [0, 0.05) is 59.6 Å². The molecule has 4 aromatic carbocycles. The van der Waals surface area contributed by atoms with Gasteiger partial charge in [0.15, 0.2) is 0 Å². The third-order valence-corrected chi connectivity index (χ3v) is 9.29. The van der Waals surface area contributed by atoms with Gasteiger partial charge in [-0.1, -0.05) is 84.9 Å². The highest BCUT2D eigenvalue weighted by molar-refractivity contribution is 5.99. The average Bonchev–Trinajstić information content (AvgIpc) is 3.09. The van der Waals surface area contributed by atoms with Crippen LogP contribution in [0.4, 0.5) is 11.4 Å². The van der Waals surface area contributed by atoms with E-state index in [1.165, 1.54) is 11.9 Å². The van der Waals surface area contributed by atoms with Gasteiger partial charge in [-0.25, -0.2) is 19.2 Å². The summed E-state index contributed by atoms with van der Waals surface area (Å²) in [7, 11) is 3.27. The number of carboxylic acid groups (broad SMARTS) is 1. The van der Waals surface area contributed by atoms with Gasteiger partial charge in [0.2, 0.25) is 0 Å². The van der Waals surface area contributed by atoms with Crippen LogP contribution in [0.3, 0.4) is 0 Å². The van der Waals surface area contributed by atoms with E-state index in [1.807, 2.05) is 72.8 Å². The maximum Gasteiger partial charge on any atom is 0.369 e. The quantitative estimate of drug-likeness (QED) is 0.113. The molecule has 11 nitrogen and oxygen atoms in total. The summed E-state index contributed by atoms with van der Waals surface area (Å²) in [4.78, 5) is 55.7. The van der Waals surface area contributed by atoms with Crippen molar-refractivity contribution in [2.45, 2.75) is 23.6 Å². The van der Waals surface area contributed by atoms with Crippen LogP contribution in [0.15, 0.2) is 109 Å². The first kappa shape index (κ1) is 33.1. The summed E-state index contributed by atoms with van der Waals surface area (Å²) in [6.45, 7) is 0.641. The van der Waals surface area contributed by atoms with Crippen LogP contribution in [-0.4, -0.2) is 66.0 Å². The molecule has 250 valence electrons. The third kappa shape index (κ3) is 6.05. The van der Waals surface area contributed by atoms with E-state index >= 15 is 0 Å². The second-order valence-corrected chi connectivity index (χ2v) is 12.3. The van der Waals surface area contributed by atoms with Crippen LogP contribution in [0.1, 0.15) is 51.3 Å². The number of likely N-dealkylation sites (N-methyl/N-ethyl adjacent to an activating group) is 2. The van der Waals surface area contributed by atoms with Gasteiger partial charge in [-0.05, 0) is 48.5 Å². The zero-order valence-corrected chi connectivity index (χ0v) is 27.0. The Morgan fingerprint density at radius 3 is 1.90 bits per heavy atom. The van der Waals surface area contributed by atoms with E-state index in [4.69, 9.17) is 20.9 Å². The number of carboxylic acids is 1. The van der Waals surface area contributed by atoms with Crippen molar-refractivity contribution in [2.75, 3.05) is 38.7 Å². The van der Waals surface area contributed by atoms with Crippen molar-refractivity contribution in [1.82, 2.24) is 9.80 Å². The fraction of sp³-hybridized carbons (Fsp3) is 0.211. The summed E-state index contributed by atoms with van der Waals surface area (Å²) in [6, 6.07) is 28.8. The van der Waals surface area contributed by atoms with Crippen LogP contribution in [0, 0.1) is 0 Å². The van der Waals surface area contributed by atoms with E-state index in [0.717, 1.165) is 28.8 Å².